The minimum Gasteiger partial charge on any atom is -0.383 e. The van der Waals surface area contributed by atoms with E-state index in [1.807, 2.05) is 11.8 Å². The summed E-state index contributed by atoms with van der Waals surface area (Å²) in [6.45, 7) is 3.85. The van der Waals surface area contributed by atoms with Gasteiger partial charge >= 0.3 is 0 Å². The molecular weight excluding hydrogens is 268 g/mol. The van der Waals surface area contributed by atoms with E-state index in [1.165, 1.54) is 5.57 Å². The molecule has 0 bridgehead atoms. The van der Waals surface area contributed by atoms with Gasteiger partial charge in [-0.05, 0) is 31.3 Å². The Bertz CT molecular complexity index is 431. The van der Waals surface area contributed by atoms with Crippen LogP contribution in [0.2, 0.25) is 0 Å². The Kier molecular flexibility index (Phi) is 5.79. The van der Waals surface area contributed by atoms with E-state index in [9.17, 15) is 9.59 Å². The Balaban J connectivity index is 2.09. The largest absolute Gasteiger partial charge is 0.383 e. The summed E-state index contributed by atoms with van der Waals surface area (Å²) >= 11 is 0. The fraction of sp³-hybridized carbons (Fsp3) is 0.750. The van der Waals surface area contributed by atoms with E-state index >= 15 is 0 Å². The normalized spacial score (nSPS) is 21.7. The Hall–Kier alpha value is -1.36. The van der Waals surface area contributed by atoms with Gasteiger partial charge in [-0.3, -0.25) is 9.59 Å². The molecule has 0 aromatic rings. The lowest BCUT2D eigenvalue weighted by atomic mass is 9.88. The molecule has 2 amide bonds. The van der Waals surface area contributed by atoms with Crippen molar-refractivity contribution in [3.05, 3.63) is 11.1 Å². The highest BCUT2D eigenvalue weighted by molar-refractivity contribution is 6.02. The van der Waals surface area contributed by atoms with Crippen molar-refractivity contribution in [2.24, 2.45) is 0 Å². The third kappa shape index (κ3) is 3.64. The van der Waals surface area contributed by atoms with Crippen LogP contribution >= 0.6 is 0 Å². The summed E-state index contributed by atoms with van der Waals surface area (Å²) in [5.41, 5.74) is 1.94. The van der Waals surface area contributed by atoms with Crippen molar-refractivity contribution < 1.29 is 14.3 Å². The molecule has 2 rings (SSSR count). The number of nitrogens with one attached hydrogen (secondary N) is 1. The minimum atomic E-state index is -0.0365. The zero-order valence-electron chi connectivity index (χ0n) is 13.1. The highest BCUT2D eigenvalue weighted by Gasteiger charge is 2.39. The first-order valence-corrected chi connectivity index (χ1v) is 7.97. The summed E-state index contributed by atoms with van der Waals surface area (Å²) in [7, 11) is 1.65. The topological polar surface area (TPSA) is 58.6 Å². The van der Waals surface area contributed by atoms with Crippen LogP contribution in [-0.4, -0.2) is 49.6 Å². The van der Waals surface area contributed by atoms with Crippen molar-refractivity contribution in [2.45, 2.75) is 51.5 Å². The highest BCUT2D eigenvalue weighted by atomic mass is 16.5. The van der Waals surface area contributed by atoms with Crippen LogP contribution in [0.1, 0.15) is 45.4 Å². The minimum absolute atomic E-state index is 0.0365. The third-order valence-corrected chi connectivity index (χ3v) is 4.30. The van der Waals surface area contributed by atoms with Crippen LogP contribution in [0.15, 0.2) is 11.1 Å². The second-order valence-corrected chi connectivity index (χ2v) is 5.78. The fourth-order valence-corrected chi connectivity index (χ4v) is 3.27. The molecule has 0 aromatic heterocycles. The summed E-state index contributed by atoms with van der Waals surface area (Å²) < 4.78 is 5.11. The standard InChI is InChI=1S/C16H26N2O3/c1-3-8-17-15(19)11-13-12-6-4-5-7-14(12)18(16(13)20)9-10-21-2/h14H,3-11H2,1-2H3,(H,17,19). The number of hydrogen-bond acceptors (Lipinski definition) is 3. The van der Waals surface area contributed by atoms with E-state index in [1.54, 1.807) is 7.11 Å². The average Bonchev–Trinajstić information content (AvgIpc) is 2.76. The lowest BCUT2D eigenvalue weighted by Crippen LogP contribution is -2.39. The molecule has 0 saturated heterocycles. The van der Waals surface area contributed by atoms with E-state index in [0.717, 1.165) is 37.7 Å². The van der Waals surface area contributed by atoms with Gasteiger partial charge in [0, 0.05) is 25.8 Å². The molecule has 1 heterocycles. The molecule has 5 nitrogen and oxygen atoms in total. The van der Waals surface area contributed by atoms with Crippen LogP contribution in [-0.2, 0) is 14.3 Å². The highest BCUT2D eigenvalue weighted by Crippen LogP contribution is 2.37. The van der Waals surface area contributed by atoms with Crippen LogP contribution in [0.25, 0.3) is 0 Å². The molecule has 1 fully saturated rings. The monoisotopic (exact) mass is 294 g/mol. The fourth-order valence-electron chi connectivity index (χ4n) is 3.27. The predicted molar refractivity (Wildman–Crippen MR) is 80.8 cm³/mol. The number of ether oxygens (including phenoxy) is 1. The second-order valence-electron chi connectivity index (χ2n) is 5.78. The van der Waals surface area contributed by atoms with Crippen molar-refractivity contribution in [3.8, 4) is 0 Å². The molecule has 1 N–H and O–H groups in total. The zero-order chi connectivity index (χ0) is 15.2. The smallest absolute Gasteiger partial charge is 0.250 e. The van der Waals surface area contributed by atoms with Crippen LogP contribution in [0.3, 0.4) is 0 Å². The first-order chi connectivity index (χ1) is 10.2. The first-order valence-electron chi connectivity index (χ1n) is 7.97. The molecule has 1 aliphatic carbocycles. The van der Waals surface area contributed by atoms with Gasteiger partial charge in [-0.25, -0.2) is 0 Å². The SMILES string of the molecule is CCCNC(=O)CC1=C2CCCCC2N(CCOC)C1=O. The molecule has 1 unspecified atom stereocenters. The molecule has 5 heteroatoms. The van der Waals surface area contributed by atoms with Gasteiger partial charge in [0.1, 0.15) is 0 Å². The molecule has 118 valence electrons. The van der Waals surface area contributed by atoms with Gasteiger partial charge < -0.3 is 15.0 Å². The Morgan fingerprint density at radius 1 is 1.43 bits per heavy atom. The van der Waals surface area contributed by atoms with Gasteiger partial charge in [0.15, 0.2) is 0 Å². The maximum Gasteiger partial charge on any atom is 0.250 e. The molecule has 1 atom stereocenters. The van der Waals surface area contributed by atoms with Gasteiger partial charge in [0.05, 0.1) is 19.1 Å². The maximum absolute atomic E-state index is 12.6. The van der Waals surface area contributed by atoms with E-state index in [2.05, 4.69) is 5.32 Å². The molecule has 1 aliphatic heterocycles. The van der Waals surface area contributed by atoms with Crippen molar-refractivity contribution >= 4 is 11.8 Å². The van der Waals surface area contributed by atoms with Gasteiger partial charge in [0.2, 0.25) is 5.91 Å². The number of rotatable bonds is 7. The van der Waals surface area contributed by atoms with Crippen LogP contribution in [0.5, 0.6) is 0 Å². The van der Waals surface area contributed by atoms with E-state index in [-0.39, 0.29) is 24.3 Å². The molecular formula is C16H26N2O3. The van der Waals surface area contributed by atoms with Gasteiger partial charge in [-0.1, -0.05) is 13.3 Å². The first kappa shape index (κ1) is 16.0. The maximum atomic E-state index is 12.6. The van der Waals surface area contributed by atoms with Gasteiger partial charge in [0.25, 0.3) is 5.91 Å². The summed E-state index contributed by atoms with van der Waals surface area (Å²) in [5.74, 6) is 0.00575. The number of carbonyl (C=O) groups excluding carboxylic acids is 2. The van der Waals surface area contributed by atoms with Crippen LogP contribution in [0.4, 0.5) is 0 Å². The van der Waals surface area contributed by atoms with E-state index in [0.29, 0.717) is 19.7 Å². The summed E-state index contributed by atoms with van der Waals surface area (Å²) in [6, 6.07) is 0.204. The molecule has 2 aliphatic rings. The van der Waals surface area contributed by atoms with Crippen molar-refractivity contribution in [1.29, 1.82) is 0 Å². The van der Waals surface area contributed by atoms with Crippen LogP contribution in [0, 0.1) is 0 Å². The lowest BCUT2D eigenvalue weighted by Gasteiger charge is -2.29. The quantitative estimate of drug-likeness (QED) is 0.776. The van der Waals surface area contributed by atoms with E-state index in [4.69, 9.17) is 4.74 Å². The number of methoxy groups -OCH3 is 1. The summed E-state index contributed by atoms with van der Waals surface area (Å²) in [4.78, 5) is 26.5. The number of amides is 2. The molecule has 0 aromatic carbocycles. The zero-order valence-corrected chi connectivity index (χ0v) is 13.1. The van der Waals surface area contributed by atoms with Gasteiger partial charge in [-0.15, -0.1) is 0 Å². The van der Waals surface area contributed by atoms with Crippen molar-refractivity contribution in [3.63, 3.8) is 0 Å². The number of hydrogen-bond donors (Lipinski definition) is 1. The average molecular weight is 294 g/mol. The molecule has 0 spiro atoms. The third-order valence-electron chi connectivity index (χ3n) is 4.30. The molecule has 21 heavy (non-hydrogen) atoms. The molecule has 1 saturated carbocycles. The summed E-state index contributed by atoms with van der Waals surface area (Å²) in [6.07, 6.45) is 5.39. The second kappa shape index (κ2) is 7.59. The van der Waals surface area contributed by atoms with Crippen molar-refractivity contribution in [2.75, 3.05) is 26.8 Å². The van der Waals surface area contributed by atoms with Crippen molar-refractivity contribution in [1.82, 2.24) is 10.2 Å². The Morgan fingerprint density at radius 3 is 2.95 bits per heavy atom. The van der Waals surface area contributed by atoms with Crippen LogP contribution < -0.4 is 5.32 Å². The molecule has 0 radical (unpaired) electrons. The Labute approximate surface area is 126 Å². The number of fused-ring (bicyclic) bond motifs is 1. The van der Waals surface area contributed by atoms with E-state index < -0.39 is 0 Å². The predicted octanol–water partition coefficient (Wildman–Crippen LogP) is 1.63. The lowest BCUT2D eigenvalue weighted by molar-refractivity contribution is -0.129. The summed E-state index contributed by atoms with van der Waals surface area (Å²) in [5, 5.41) is 2.86. The van der Waals surface area contributed by atoms with Gasteiger partial charge in [-0.2, -0.15) is 0 Å². The number of nitrogens with zero attached hydrogens (tertiary/aromatic N) is 1. The number of carbonyl (C=O) groups is 2. The Morgan fingerprint density at radius 2 is 2.24 bits per heavy atom.